The zero-order valence-electron chi connectivity index (χ0n) is 14.1. The molecule has 126 valence electrons. The van der Waals surface area contributed by atoms with Crippen LogP contribution in [0.4, 0.5) is 8.78 Å². The summed E-state index contributed by atoms with van der Waals surface area (Å²) in [6.07, 6.45) is -2.34. The first-order chi connectivity index (χ1) is 10.2. The second-order valence-electron chi connectivity index (χ2n) is 6.56. The first-order valence-electron chi connectivity index (χ1n) is 7.97. The SMILES string of the molecule is CCC(C(F)F)C(O)(c1ccc(OCC(C)C)cc1)C(C)C. The summed E-state index contributed by atoms with van der Waals surface area (Å²) in [5, 5.41) is 11.0. The number of alkyl halides is 2. The van der Waals surface area contributed by atoms with Gasteiger partial charge in [-0.2, -0.15) is 0 Å². The highest BCUT2D eigenvalue weighted by Crippen LogP contribution is 2.42. The zero-order chi connectivity index (χ0) is 16.9. The van der Waals surface area contributed by atoms with E-state index in [1.54, 1.807) is 45.0 Å². The van der Waals surface area contributed by atoms with Crippen molar-refractivity contribution < 1.29 is 18.6 Å². The molecule has 0 spiro atoms. The molecule has 0 aliphatic rings. The van der Waals surface area contributed by atoms with Crippen LogP contribution in [0.3, 0.4) is 0 Å². The molecule has 1 aromatic rings. The van der Waals surface area contributed by atoms with Crippen molar-refractivity contribution >= 4 is 0 Å². The van der Waals surface area contributed by atoms with E-state index in [-0.39, 0.29) is 12.3 Å². The van der Waals surface area contributed by atoms with Gasteiger partial charge in [0.25, 0.3) is 0 Å². The lowest BCUT2D eigenvalue weighted by Gasteiger charge is -2.39. The van der Waals surface area contributed by atoms with Gasteiger partial charge in [0.1, 0.15) is 11.4 Å². The largest absolute Gasteiger partial charge is 0.493 e. The van der Waals surface area contributed by atoms with Gasteiger partial charge in [0, 0.05) is 0 Å². The van der Waals surface area contributed by atoms with E-state index < -0.39 is 17.9 Å². The Morgan fingerprint density at radius 3 is 2.00 bits per heavy atom. The van der Waals surface area contributed by atoms with Gasteiger partial charge in [0.05, 0.1) is 12.5 Å². The summed E-state index contributed by atoms with van der Waals surface area (Å²) in [5.41, 5.74) is -1.02. The maximum absolute atomic E-state index is 13.3. The first kappa shape index (κ1) is 18.9. The average Bonchev–Trinajstić information content (AvgIpc) is 2.45. The number of halogens is 2. The number of benzene rings is 1. The molecule has 1 rings (SSSR count). The predicted octanol–water partition coefficient (Wildman–Crippen LogP) is 4.86. The van der Waals surface area contributed by atoms with E-state index in [9.17, 15) is 13.9 Å². The number of rotatable bonds is 8. The van der Waals surface area contributed by atoms with Gasteiger partial charge in [-0.1, -0.05) is 46.8 Å². The maximum atomic E-state index is 13.3. The van der Waals surface area contributed by atoms with Crippen LogP contribution in [0.2, 0.25) is 0 Å². The maximum Gasteiger partial charge on any atom is 0.244 e. The number of hydrogen-bond acceptors (Lipinski definition) is 2. The van der Waals surface area contributed by atoms with E-state index in [0.717, 1.165) is 0 Å². The number of aliphatic hydroxyl groups is 1. The topological polar surface area (TPSA) is 29.5 Å². The van der Waals surface area contributed by atoms with Crippen LogP contribution in [0.1, 0.15) is 46.6 Å². The monoisotopic (exact) mass is 314 g/mol. The molecule has 1 N–H and O–H groups in total. The quantitative estimate of drug-likeness (QED) is 0.743. The van der Waals surface area contributed by atoms with Crippen molar-refractivity contribution in [1.29, 1.82) is 0 Å². The second-order valence-corrected chi connectivity index (χ2v) is 6.56. The van der Waals surface area contributed by atoms with Crippen molar-refractivity contribution in [1.82, 2.24) is 0 Å². The molecule has 22 heavy (non-hydrogen) atoms. The van der Waals surface area contributed by atoms with Gasteiger partial charge >= 0.3 is 0 Å². The van der Waals surface area contributed by atoms with Crippen LogP contribution in [-0.2, 0) is 5.60 Å². The lowest BCUT2D eigenvalue weighted by molar-refractivity contribution is -0.121. The molecule has 0 aliphatic heterocycles. The first-order valence-corrected chi connectivity index (χ1v) is 7.97. The van der Waals surface area contributed by atoms with Gasteiger partial charge < -0.3 is 9.84 Å². The highest BCUT2D eigenvalue weighted by molar-refractivity contribution is 5.32. The minimum absolute atomic E-state index is 0.220. The zero-order valence-corrected chi connectivity index (χ0v) is 14.1. The molecule has 0 amide bonds. The van der Waals surface area contributed by atoms with Crippen LogP contribution in [0, 0.1) is 17.8 Å². The third kappa shape index (κ3) is 4.19. The van der Waals surface area contributed by atoms with Crippen molar-refractivity contribution in [3.8, 4) is 5.75 Å². The molecule has 1 aromatic carbocycles. The van der Waals surface area contributed by atoms with Crippen LogP contribution >= 0.6 is 0 Å². The summed E-state index contributed by atoms with van der Waals surface area (Å²) in [6.45, 7) is 9.94. The summed E-state index contributed by atoms with van der Waals surface area (Å²) in [5.74, 6) is -0.298. The third-order valence-electron chi connectivity index (χ3n) is 4.09. The fourth-order valence-electron chi connectivity index (χ4n) is 2.74. The van der Waals surface area contributed by atoms with Crippen molar-refractivity contribution in [2.24, 2.45) is 17.8 Å². The van der Waals surface area contributed by atoms with E-state index >= 15 is 0 Å². The Bertz CT molecular complexity index is 443. The van der Waals surface area contributed by atoms with Crippen molar-refractivity contribution in [2.45, 2.75) is 53.1 Å². The molecule has 4 heteroatoms. The summed E-state index contributed by atoms with van der Waals surface area (Å²) >= 11 is 0. The fourth-order valence-corrected chi connectivity index (χ4v) is 2.74. The van der Waals surface area contributed by atoms with Crippen LogP contribution in [0.5, 0.6) is 5.75 Å². The van der Waals surface area contributed by atoms with Crippen molar-refractivity contribution in [3.63, 3.8) is 0 Å². The molecule has 2 nitrogen and oxygen atoms in total. The smallest absolute Gasteiger partial charge is 0.244 e. The Balaban J connectivity index is 3.06. The normalized spacial score (nSPS) is 16.1. The minimum atomic E-state index is -2.56. The van der Waals surface area contributed by atoms with Gasteiger partial charge in [0.2, 0.25) is 6.43 Å². The average molecular weight is 314 g/mol. The van der Waals surface area contributed by atoms with Crippen LogP contribution < -0.4 is 4.74 Å². The lowest BCUT2D eigenvalue weighted by Crippen LogP contribution is -2.43. The predicted molar refractivity (Wildman–Crippen MR) is 85.3 cm³/mol. The molecular weight excluding hydrogens is 286 g/mol. The molecule has 0 radical (unpaired) electrons. The van der Waals surface area contributed by atoms with Gasteiger partial charge in [-0.25, -0.2) is 8.78 Å². The van der Waals surface area contributed by atoms with E-state index in [2.05, 4.69) is 13.8 Å². The van der Waals surface area contributed by atoms with Crippen LogP contribution in [0.25, 0.3) is 0 Å². The van der Waals surface area contributed by atoms with Crippen molar-refractivity contribution in [3.05, 3.63) is 29.8 Å². The number of hydrogen-bond donors (Lipinski definition) is 1. The van der Waals surface area contributed by atoms with Gasteiger partial charge in [-0.15, -0.1) is 0 Å². The van der Waals surface area contributed by atoms with Crippen LogP contribution in [0.15, 0.2) is 24.3 Å². The fraction of sp³-hybridized carbons (Fsp3) is 0.667. The second kappa shape index (κ2) is 7.91. The Labute approximate surface area is 132 Å². The molecule has 0 fully saturated rings. The third-order valence-corrected chi connectivity index (χ3v) is 4.09. The number of ether oxygens (including phenoxy) is 1. The Hall–Kier alpha value is -1.16. The minimum Gasteiger partial charge on any atom is -0.493 e. The summed E-state index contributed by atoms with van der Waals surface area (Å²) < 4.78 is 32.3. The molecule has 0 saturated carbocycles. The molecule has 2 atom stereocenters. The molecular formula is C18H28F2O2. The lowest BCUT2D eigenvalue weighted by atomic mass is 9.72. The van der Waals surface area contributed by atoms with Gasteiger partial charge in [-0.3, -0.25) is 0 Å². The molecule has 0 aromatic heterocycles. The molecule has 0 heterocycles. The highest BCUT2D eigenvalue weighted by Gasteiger charge is 2.45. The Morgan fingerprint density at radius 1 is 1.09 bits per heavy atom. The standard InChI is InChI=1S/C18H28F2O2/c1-6-16(17(19)20)18(21,13(4)5)14-7-9-15(10-8-14)22-11-12(2)3/h7-10,12-13,16-17,21H,6,11H2,1-5H3. The van der Waals surface area contributed by atoms with Crippen LogP contribution in [-0.4, -0.2) is 18.1 Å². The van der Waals surface area contributed by atoms with E-state index in [0.29, 0.717) is 23.8 Å². The van der Waals surface area contributed by atoms with E-state index in [1.165, 1.54) is 0 Å². The molecule has 0 bridgehead atoms. The highest BCUT2D eigenvalue weighted by atomic mass is 19.3. The summed E-state index contributed by atoms with van der Waals surface area (Å²) in [7, 11) is 0. The van der Waals surface area contributed by atoms with Gasteiger partial charge in [0.15, 0.2) is 0 Å². The van der Waals surface area contributed by atoms with E-state index in [1.807, 2.05) is 0 Å². The van der Waals surface area contributed by atoms with Crippen molar-refractivity contribution in [2.75, 3.05) is 6.61 Å². The molecule has 2 unspecified atom stereocenters. The Morgan fingerprint density at radius 2 is 1.64 bits per heavy atom. The summed E-state index contributed by atoms with van der Waals surface area (Å²) in [6, 6.07) is 6.87. The molecule has 0 saturated heterocycles. The molecule has 0 aliphatic carbocycles. The van der Waals surface area contributed by atoms with E-state index in [4.69, 9.17) is 4.74 Å². The summed E-state index contributed by atoms with van der Waals surface area (Å²) in [4.78, 5) is 0. The Kier molecular flexibility index (Phi) is 6.79. The van der Waals surface area contributed by atoms with Gasteiger partial charge in [-0.05, 0) is 36.0 Å².